The molecule has 2 aliphatic rings. The summed E-state index contributed by atoms with van der Waals surface area (Å²) in [4.78, 5) is 31.9. The number of carbonyl (C=O) groups is 2. The van der Waals surface area contributed by atoms with Crippen molar-refractivity contribution in [1.29, 1.82) is 0 Å². The molecular weight excluding hydrogens is 419 g/mol. The molecule has 2 fully saturated rings. The fraction of sp³-hybridized carbons (Fsp3) is 0.417. The lowest BCUT2D eigenvalue weighted by atomic mass is 9.82. The number of alkyl halides is 3. The standard InChI is InChI=1S/C24H26F3N3O2/c1-17(2)29-14-21(31)30(13-12-18-8-10-19(11-9-18)24(25,26)27)23(22(29)32)15-28(16-23)20-6-4-3-5-7-20/h3-11,17H,12-16H2,1-2H3. The zero-order valence-electron chi connectivity index (χ0n) is 18.1. The Bertz CT molecular complexity index is 984. The van der Waals surface area contributed by atoms with Gasteiger partial charge in [-0.1, -0.05) is 30.3 Å². The number of anilines is 1. The van der Waals surface area contributed by atoms with Crippen molar-refractivity contribution >= 4 is 17.5 Å². The lowest BCUT2D eigenvalue weighted by Gasteiger charge is -2.59. The average molecular weight is 445 g/mol. The molecule has 0 radical (unpaired) electrons. The molecule has 2 heterocycles. The minimum Gasteiger partial charge on any atom is -0.366 e. The first-order valence-electron chi connectivity index (χ1n) is 10.7. The van der Waals surface area contributed by atoms with Crippen LogP contribution in [0.2, 0.25) is 0 Å². The first-order valence-corrected chi connectivity index (χ1v) is 10.7. The maximum absolute atomic E-state index is 13.5. The zero-order valence-corrected chi connectivity index (χ0v) is 18.1. The molecule has 0 unspecified atom stereocenters. The van der Waals surface area contributed by atoms with Crippen LogP contribution in [0.15, 0.2) is 54.6 Å². The monoisotopic (exact) mass is 445 g/mol. The van der Waals surface area contributed by atoms with E-state index in [1.54, 1.807) is 9.80 Å². The summed E-state index contributed by atoms with van der Waals surface area (Å²) in [5.74, 6) is -0.190. The van der Waals surface area contributed by atoms with Gasteiger partial charge in [0.05, 0.1) is 18.7 Å². The van der Waals surface area contributed by atoms with E-state index in [1.807, 2.05) is 44.2 Å². The molecule has 1 spiro atoms. The van der Waals surface area contributed by atoms with Gasteiger partial charge < -0.3 is 14.7 Å². The van der Waals surface area contributed by atoms with Crippen LogP contribution in [-0.4, -0.2) is 59.4 Å². The minimum atomic E-state index is -4.38. The van der Waals surface area contributed by atoms with E-state index in [4.69, 9.17) is 0 Å². The summed E-state index contributed by atoms with van der Waals surface area (Å²) in [6.07, 6.45) is -4.00. The number of hydrogen-bond donors (Lipinski definition) is 0. The van der Waals surface area contributed by atoms with Gasteiger partial charge in [0.2, 0.25) is 5.91 Å². The first kappa shape index (κ1) is 22.2. The van der Waals surface area contributed by atoms with Gasteiger partial charge in [-0.05, 0) is 50.1 Å². The molecular formula is C24H26F3N3O2. The topological polar surface area (TPSA) is 43.9 Å². The van der Waals surface area contributed by atoms with Crippen LogP contribution < -0.4 is 4.90 Å². The minimum absolute atomic E-state index is 0.0244. The fourth-order valence-electron chi connectivity index (χ4n) is 4.49. The van der Waals surface area contributed by atoms with Crippen LogP contribution in [-0.2, 0) is 22.2 Å². The molecule has 2 aliphatic heterocycles. The normalized spacial score (nSPS) is 18.5. The third kappa shape index (κ3) is 3.94. The molecule has 2 aromatic carbocycles. The third-order valence-corrected chi connectivity index (χ3v) is 6.34. The van der Waals surface area contributed by atoms with Crippen LogP contribution in [0.25, 0.3) is 0 Å². The number of nitrogens with zero attached hydrogens (tertiary/aromatic N) is 3. The smallest absolute Gasteiger partial charge is 0.366 e. The second kappa shape index (κ2) is 8.15. The Morgan fingerprint density at radius 2 is 1.59 bits per heavy atom. The van der Waals surface area contributed by atoms with Crippen molar-refractivity contribution in [2.24, 2.45) is 0 Å². The Hall–Kier alpha value is -3.03. The summed E-state index contributed by atoms with van der Waals surface area (Å²) in [6.45, 7) is 4.89. The lowest BCUT2D eigenvalue weighted by Crippen LogP contribution is -2.81. The number of amides is 2. The van der Waals surface area contributed by atoms with Gasteiger partial charge in [-0.3, -0.25) is 9.59 Å². The van der Waals surface area contributed by atoms with E-state index in [-0.39, 0.29) is 30.9 Å². The number of benzene rings is 2. The number of halogens is 3. The Morgan fingerprint density at radius 1 is 0.969 bits per heavy atom. The molecule has 8 heteroatoms. The quantitative estimate of drug-likeness (QED) is 0.707. The predicted molar refractivity (Wildman–Crippen MR) is 115 cm³/mol. The number of carbonyl (C=O) groups excluding carboxylic acids is 2. The molecule has 0 saturated carbocycles. The molecule has 0 aliphatic carbocycles. The third-order valence-electron chi connectivity index (χ3n) is 6.34. The highest BCUT2D eigenvalue weighted by Gasteiger charge is 2.59. The van der Waals surface area contributed by atoms with Gasteiger partial charge in [0.1, 0.15) is 6.54 Å². The maximum atomic E-state index is 13.5. The van der Waals surface area contributed by atoms with Crippen molar-refractivity contribution in [1.82, 2.24) is 9.80 Å². The number of hydrogen-bond acceptors (Lipinski definition) is 3. The molecule has 32 heavy (non-hydrogen) atoms. The molecule has 2 aromatic rings. The van der Waals surface area contributed by atoms with Crippen LogP contribution in [0, 0.1) is 0 Å². The second-order valence-corrected chi connectivity index (χ2v) is 8.74. The Balaban J connectivity index is 1.54. The van der Waals surface area contributed by atoms with Crippen LogP contribution in [0.5, 0.6) is 0 Å². The van der Waals surface area contributed by atoms with E-state index < -0.39 is 17.3 Å². The van der Waals surface area contributed by atoms with E-state index in [0.717, 1.165) is 17.8 Å². The van der Waals surface area contributed by atoms with Crippen molar-refractivity contribution < 1.29 is 22.8 Å². The molecule has 5 nitrogen and oxygen atoms in total. The zero-order chi connectivity index (χ0) is 23.1. The van der Waals surface area contributed by atoms with Crippen molar-refractivity contribution in [2.45, 2.75) is 38.0 Å². The molecule has 0 bridgehead atoms. The maximum Gasteiger partial charge on any atom is 0.416 e. The van der Waals surface area contributed by atoms with Crippen LogP contribution in [0.3, 0.4) is 0 Å². The average Bonchev–Trinajstić information content (AvgIpc) is 2.72. The Labute approximate surface area is 185 Å². The molecule has 2 amide bonds. The van der Waals surface area contributed by atoms with E-state index in [1.165, 1.54) is 12.1 Å². The summed E-state index contributed by atoms with van der Waals surface area (Å²) in [5.41, 5.74) is 0.0372. The van der Waals surface area contributed by atoms with Gasteiger partial charge in [-0.25, -0.2) is 0 Å². The van der Waals surface area contributed by atoms with Gasteiger partial charge in [-0.15, -0.1) is 0 Å². The number of piperazine rings is 1. The van der Waals surface area contributed by atoms with E-state index in [9.17, 15) is 22.8 Å². The highest BCUT2D eigenvalue weighted by Crippen LogP contribution is 2.37. The van der Waals surface area contributed by atoms with Crippen molar-refractivity contribution in [3.8, 4) is 0 Å². The highest BCUT2D eigenvalue weighted by atomic mass is 19.4. The van der Waals surface area contributed by atoms with Crippen LogP contribution in [0.1, 0.15) is 25.0 Å². The molecule has 0 atom stereocenters. The summed E-state index contributed by atoms with van der Waals surface area (Å²) in [6, 6.07) is 14.6. The van der Waals surface area contributed by atoms with Crippen LogP contribution >= 0.6 is 0 Å². The van der Waals surface area contributed by atoms with Crippen molar-refractivity contribution in [2.75, 3.05) is 31.1 Å². The van der Waals surface area contributed by atoms with E-state index >= 15 is 0 Å². The molecule has 2 saturated heterocycles. The van der Waals surface area contributed by atoms with Gasteiger partial charge in [-0.2, -0.15) is 13.2 Å². The summed E-state index contributed by atoms with van der Waals surface area (Å²) >= 11 is 0. The van der Waals surface area contributed by atoms with E-state index in [0.29, 0.717) is 25.1 Å². The van der Waals surface area contributed by atoms with Gasteiger partial charge >= 0.3 is 6.18 Å². The number of para-hydroxylation sites is 1. The fourth-order valence-corrected chi connectivity index (χ4v) is 4.49. The molecule has 0 aromatic heterocycles. The van der Waals surface area contributed by atoms with Crippen molar-refractivity contribution in [3.63, 3.8) is 0 Å². The molecule has 0 N–H and O–H groups in total. The Kier molecular flexibility index (Phi) is 5.65. The second-order valence-electron chi connectivity index (χ2n) is 8.74. The van der Waals surface area contributed by atoms with Gasteiger partial charge in [0.15, 0.2) is 5.54 Å². The van der Waals surface area contributed by atoms with Gasteiger partial charge in [0, 0.05) is 18.3 Å². The summed E-state index contributed by atoms with van der Waals surface area (Å²) in [7, 11) is 0. The first-order chi connectivity index (χ1) is 15.1. The summed E-state index contributed by atoms with van der Waals surface area (Å²) < 4.78 is 38.5. The van der Waals surface area contributed by atoms with E-state index in [2.05, 4.69) is 4.90 Å². The summed E-state index contributed by atoms with van der Waals surface area (Å²) in [5, 5.41) is 0. The van der Waals surface area contributed by atoms with Crippen LogP contribution in [0.4, 0.5) is 18.9 Å². The number of rotatable bonds is 5. The Morgan fingerprint density at radius 3 is 2.16 bits per heavy atom. The molecule has 170 valence electrons. The lowest BCUT2D eigenvalue weighted by molar-refractivity contribution is -0.169. The SMILES string of the molecule is CC(C)N1CC(=O)N(CCc2ccc(C(F)(F)F)cc2)C2(CN(c3ccccc3)C2)C1=O. The molecule has 4 rings (SSSR count). The van der Waals surface area contributed by atoms with Gasteiger partial charge in [0.25, 0.3) is 5.91 Å². The predicted octanol–water partition coefficient (Wildman–Crippen LogP) is 3.59. The largest absolute Gasteiger partial charge is 0.416 e. The van der Waals surface area contributed by atoms with Crippen molar-refractivity contribution in [3.05, 3.63) is 65.7 Å². The highest BCUT2D eigenvalue weighted by molar-refractivity contribution is 6.00.